The van der Waals surface area contributed by atoms with Crippen LogP contribution < -0.4 is 5.73 Å². The summed E-state index contributed by atoms with van der Waals surface area (Å²) in [5.41, 5.74) is 7.01. The lowest BCUT2D eigenvalue weighted by atomic mass is 9.92. The Bertz CT molecular complexity index is 579. The summed E-state index contributed by atoms with van der Waals surface area (Å²) in [4.78, 5) is 14.7. The largest absolute Gasteiger partial charge is 0.342 e. The molecule has 3 rings (SSSR count). The Labute approximate surface area is 153 Å². The minimum atomic E-state index is 0. The van der Waals surface area contributed by atoms with Crippen molar-refractivity contribution < 1.29 is 4.79 Å². The van der Waals surface area contributed by atoms with Gasteiger partial charge >= 0.3 is 0 Å². The normalized spacial score (nSPS) is 28.0. The van der Waals surface area contributed by atoms with E-state index in [1.54, 1.807) is 6.07 Å². The summed E-state index contributed by atoms with van der Waals surface area (Å²) in [6.45, 7) is 3.68. The van der Waals surface area contributed by atoms with E-state index in [0.717, 1.165) is 37.9 Å². The smallest absolute Gasteiger partial charge is 0.226 e. The zero-order valence-electron chi connectivity index (χ0n) is 13.2. The lowest BCUT2D eigenvalue weighted by Gasteiger charge is -2.35. The van der Waals surface area contributed by atoms with Crippen molar-refractivity contribution in [3.8, 4) is 0 Å². The van der Waals surface area contributed by atoms with Crippen molar-refractivity contribution in [1.29, 1.82) is 0 Å². The van der Waals surface area contributed by atoms with E-state index in [4.69, 9.17) is 28.9 Å². The van der Waals surface area contributed by atoms with Crippen LogP contribution in [-0.2, 0) is 4.79 Å². The predicted octanol–water partition coefficient (Wildman–Crippen LogP) is 4.10. The molecule has 1 aromatic rings. The van der Waals surface area contributed by atoms with Gasteiger partial charge in [-0.15, -0.1) is 12.4 Å². The molecule has 1 saturated carbocycles. The Morgan fingerprint density at radius 3 is 2.83 bits per heavy atom. The number of carbonyl (C=O) groups excluding carboxylic acids is 1. The van der Waals surface area contributed by atoms with Crippen LogP contribution in [0.1, 0.15) is 37.7 Å². The highest BCUT2D eigenvalue weighted by Crippen LogP contribution is 2.51. The van der Waals surface area contributed by atoms with Crippen molar-refractivity contribution in [2.75, 3.05) is 13.1 Å². The van der Waals surface area contributed by atoms with Gasteiger partial charge in [0.2, 0.25) is 5.91 Å². The summed E-state index contributed by atoms with van der Waals surface area (Å²) in [5.74, 6) is 0.952. The molecular weight excluding hydrogens is 355 g/mol. The molecule has 4 unspecified atom stereocenters. The third kappa shape index (κ3) is 3.96. The van der Waals surface area contributed by atoms with Crippen LogP contribution in [0.15, 0.2) is 18.2 Å². The molecule has 1 aliphatic carbocycles. The molecule has 0 bridgehead atoms. The van der Waals surface area contributed by atoms with Crippen LogP contribution in [0.3, 0.4) is 0 Å². The molecule has 1 saturated heterocycles. The number of nitrogens with two attached hydrogens (primary N) is 1. The minimum absolute atomic E-state index is 0. The van der Waals surface area contributed by atoms with Crippen LogP contribution in [-0.4, -0.2) is 29.9 Å². The van der Waals surface area contributed by atoms with E-state index in [2.05, 4.69) is 0 Å². The Morgan fingerprint density at radius 2 is 2.13 bits per heavy atom. The molecule has 2 N–H and O–H groups in total. The first-order chi connectivity index (χ1) is 10.5. The van der Waals surface area contributed by atoms with Gasteiger partial charge in [-0.05, 0) is 49.7 Å². The Kier molecular flexibility index (Phi) is 6.23. The summed E-state index contributed by atoms with van der Waals surface area (Å²) in [7, 11) is 0. The Balaban J connectivity index is 0.00000192. The number of likely N-dealkylation sites (tertiary alicyclic amines) is 1. The molecule has 0 spiro atoms. The summed E-state index contributed by atoms with van der Waals surface area (Å²) in [5, 5.41) is 1.16. The molecular formula is C17H23Cl3N2O. The van der Waals surface area contributed by atoms with Crippen LogP contribution in [0.25, 0.3) is 0 Å². The molecule has 128 valence electrons. The molecule has 1 aliphatic heterocycles. The van der Waals surface area contributed by atoms with E-state index >= 15 is 0 Å². The molecule has 1 heterocycles. The van der Waals surface area contributed by atoms with Crippen molar-refractivity contribution in [3.63, 3.8) is 0 Å². The van der Waals surface area contributed by atoms with Crippen molar-refractivity contribution >= 4 is 41.5 Å². The molecule has 3 nitrogen and oxygen atoms in total. The lowest BCUT2D eigenvalue weighted by molar-refractivity contribution is -0.134. The van der Waals surface area contributed by atoms with Gasteiger partial charge in [0.25, 0.3) is 0 Å². The number of hydrogen-bond acceptors (Lipinski definition) is 2. The van der Waals surface area contributed by atoms with Gasteiger partial charge in [0.15, 0.2) is 0 Å². The topological polar surface area (TPSA) is 46.3 Å². The highest BCUT2D eigenvalue weighted by molar-refractivity contribution is 6.42. The fourth-order valence-corrected chi connectivity index (χ4v) is 3.94. The molecule has 1 aromatic carbocycles. The molecule has 6 heteroatoms. The number of nitrogens with zero attached hydrogens (tertiary/aromatic N) is 1. The second-order valence-electron chi connectivity index (χ2n) is 6.64. The molecule has 0 aromatic heterocycles. The first kappa shape index (κ1) is 18.9. The second-order valence-corrected chi connectivity index (χ2v) is 7.42. The van der Waals surface area contributed by atoms with Gasteiger partial charge < -0.3 is 10.6 Å². The maximum atomic E-state index is 12.7. The number of benzene rings is 1. The lowest BCUT2D eigenvalue weighted by Crippen LogP contribution is -2.45. The number of rotatable bonds is 3. The third-order valence-corrected chi connectivity index (χ3v) is 5.84. The van der Waals surface area contributed by atoms with Gasteiger partial charge in [0, 0.05) is 25.0 Å². The molecule has 2 aliphatic rings. The Morgan fingerprint density at radius 1 is 1.39 bits per heavy atom. The van der Waals surface area contributed by atoms with Gasteiger partial charge in [-0.2, -0.15) is 0 Å². The maximum absolute atomic E-state index is 12.7. The highest BCUT2D eigenvalue weighted by Gasteiger charge is 2.47. The van der Waals surface area contributed by atoms with E-state index in [1.807, 2.05) is 24.0 Å². The summed E-state index contributed by atoms with van der Waals surface area (Å²) in [6, 6.07) is 5.81. The van der Waals surface area contributed by atoms with E-state index in [0.29, 0.717) is 16.0 Å². The maximum Gasteiger partial charge on any atom is 0.226 e. The average molecular weight is 378 g/mol. The van der Waals surface area contributed by atoms with Crippen LogP contribution >= 0.6 is 35.6 Å². The highest BCUT2D eigenvalue weighted by atomic mass is 35.5. The third-order valence-electron chi connectivity index (χ3n) is 5.00. The van der Waals surface area contributed by atoms with Crippen molar-refractivity contribution in [2.45, 2.75) is 38.1 Å². The molecule has 2 fully saturated rings. The molecule has 4 atom stereocenters. The summed E-state index contributed by atoms with van der Waals surface area (Å²) in [6.07, 6.45) is 3.04. The number of carbonyl (C=O) groups is 1. The first-order valence-electron chi connectivity index (χ1n) is 7.97. The van der Waals surface area contributed by atoms with E-state index in [9.17, 15) is 4.79 Å². The number of hydrogen-bond donors (Lipinski definition) is 1. The zero-order chi connectivity index (χ0) is 15.9. The van der Waals surface area contributed by atoms with Gasteiger partial charge in [-0.1, -0.05) is 35.3 Å². The molecule has 0 radical (unpaired) electrons. The van der Waals surface area contributed by atoms with Crippen LogP contribution in [0.4, 0.5) is 0 Å². The van der Waals surface area contributed by atoms with Crippen LogP contribution in [0.5, 0.6) is 0 Å². The van der Waals surface area contributed by atoms with Gasteiger partial charge in [-0.3, -0.25) is 4.79 Å². The van der Waals surface area contributed by atoms with Crippen LogP contribution in [0, 0.1) is 11.8 Å². The average Bonchev–Trinajstić information content (AvgIpc) is 3.29. The quantitative estimate of drug-likeness (QED) is 0.862. The number of piperidine rings is 1. The van der Waals surface area contributed by atoms with Gasteiger partial charge in [-0.25, -0.2) is 0 Å². The van der Waals surface area contributed by atoms with Crippen molar-refractivity contribution in [1.82, 2.24) is 4.90 Å². The standard InChI is InChI=1S/C17H22Cl2N2O.ClH/c1-10(20)11-4-3-7-21(9-11)17(22)14-8-13(14)12-5-2-6-15(18)16(12)19;/h2,5-6,10-11,13-14H,3-4,7-9,20H2,1H3;1H. The SMILES string of the molecule is CC(N)C1CCCN(C(=O)C2CC2c2cccc(Cl)c2Cl)C1.Cl. The van der Waals surface area contributed by atoms with Gasteiger partial charge in [0.05, 0.1) is 10.0 Å². The monoisotopic (exact) mass is 376 g/mol. The fourth-order valence-electron chi connectivity index (χ4n) is 3.49. The van der Waals surface area contributed by atoms with Gasteiger partial charge in [0.1, 0.15) is 0 Å². The second kappa shape index (κ2) is 7.60. The Hall–Kier alpha value is -0.480. The molecule has 1 amide bonds. The number of halogens is 3. The zero-order valence-corrected chi connectivity index (χ0v) is 15.5. The minimum Gasteiger partial charge on any atom is -0.342 e. The van der Waals surface area contributed by atoms with E-state index < -0.39 is 0 Å². The first-order valence-corrected chi connectivity index (χ1v) is 8.73. The fraction of sp³-hybridized carbons (Fsp3) is 0.588. The number of amides is 1. The summed E-state index contributed by atoms with van der Waals surface area (Å²) >= 11 is 12.3. The summed E-state index contributed by atoms with van der Waals surface area (Å²) < 4.78 is 0. The van der Waals surface area contributed by atoms with Crippen molar-refractivity contribution in [2.24, 2.45) is 17.6 Å². The van der Waals surface area contributed by atoms with Crippen molar-refractivity contribution in [3.05, 3.63) is 33.8 Å². The van der Waals surface area contributed by atoms with E-state index in [-0.39, 0.29) is 36.2 Å². The van der Waals surface area contributed by atoms with E-state index in [1.165, 1.54) is 0 Å². The van der Waals surface area contributed by atoms with Crippen LogP contribution in [0.2, 0.25) is 10.0 Å². The predicted molar refractivity (Wildman–Crippen MR) is 97.5 cm³/mol. The molecule has 23 heavy (non-hydrogen) atoms.